The normalized spacial score (nSPS) is 46.8. The SMILES string of the molecule is CN(C)C1O[C@H](O)[C@@H](O)[C@H](O)[C@H]1O. The number of likely N-dealkylation sites (N-methyl/N-ethyl adjacent to an activating group) is 1. The van der Waals surface area contributed by atoms with E-state index in [9.17, 15) is 10.2 Å². The van der Waals surface area contributed by atoms with E-state index in [4.69, 9.17) is 14.9 Å². The molecule has 0 bridgehead atoms. The highest BCUT2D eigenvalue weighted by Gasteiger charge is 2.43. The molecule has 0 saturated carbocycles. The molecule has 0 aromatic heterocycles. The van der Waals surface area contributed by atoms with E-state index in [1.807, 2.05) is 0 Å². The van der Waals surface area contributed by atoms with Crippen LogP contribution in [-0.4, -0.2) is 70.3 Å². The maximum atomic E-state index is 9.41. The van der Waals surface area contributed by atoms with Gasteiger partial charge in [0.15, 0.2) is 6.29 Å². The third-order valence-electron chi connectivity index (χ3n) is 2.07. The minimum atomic E-state index is -1.47. The Balaban J connectivity index is 2.70. The van der Waals surface area contributed by atoms with E-state index in [0.717, 1.165) is 0 Å². The Morgan fingerprint density at radius 2 is 1.46 bits per heavy atom. The molecule has 0 aromatic carbocycles. The lowest BCUT2D eigenvalue weighted by Crippen LogP contribution is -2.61. The summed E-state index contributed by atoms with van der Waals surface area (Å²) in [5.41, 5.74) is 0. The van der Waals surface area contributed by atoms with E-state index in [-0.39, 0.29) is 0 Å². The molecular weight excluding hydrogens is 178 g/mol. The van der Waals surface area contributed by atoms with Crippen molar-refractivity contribution in [3.05, 3.63) is 0 Å². The lowest BCUT2D eigenvalue weighted by Gasteiger charge is -2.40. The summed E-state index contributed by atoms with van der Waals surface area (Å²) < 4.78 is 4.86. The Hall–Kier alpha value is -0.240. The molecule has 5 atom stereocenters. The summed E-state index contributed by atoms with van der Waals surface area (Å²) in [6.45, 7) is 0. The molecule has 78 valence electrons. The molecule has 1 heterocycles. The van der Waals surface area contributed by atoms with E-state index in [1.54, 1.807) is 14.1 Å². The van der Waals surface area contributed by atoms with Gasteiger partial charge in [-0.2, -0.15) is 0 Å². The van der Waals surface area contributed by atoms with Gasteiger partial charge in [-0.15, -0.1) is 0 Å². The molecule has 1 aliphatic heterocycles. The van der Waals surface area contributed by atoms with Gasteiger partial charge in [-0.25, -0.2) is 0 Å². The molecule has 0 amide bonds. The first-order valence-electron chi connectivity index (χ1n) is 3.99. The van der Waals surface area contributed by atoms with Gasteiger partial charge in [0.05, 0.1) is 0 Å². The fourth-order valence-electron chi connectivity index (χ4n) is 1.27. The standard InChI is InChI=1S/C7H15NO5/c1-8(2)6-4(10)3(9)5(11)7(12)13-6/h3-7,9-12H,1-2H3/t3-,4-,5+,6?,7+/m1/s1. The number of hydrogen-bond acceptors (Lipinski definition) is 6. The highest BCUT2D eigenvalue weighted by atomic mass is 16.6. The lowest BCUT2D eigenvalue weighted by atomic mass is 10.0. The highest BCUT2D eigenvalue weighted by Crippen LogP contribution is 2.20. The van der Waals surface area contributed by atoms with Crippen molar-refractivity contribution in [3.8, 4) is 0 Å². The van der Waals surface area contributed by atoms with Crippen LogP contribution in [0, 0.1) is 0 Å². The summed E-state index contributed by atoms with van der Waals surface area (Å²) in [7, 11) is 3.26. The van der Waals surface area contributed by atoms with E-state index < -0.39 is 30.8 Å². The number of ether oxygens (including phenoxy) is 1. The molecule has 1 unspecified atom stereocenters. The Bertz CT molecular complexity index is 176. The predicted octanol–water partition coefficient (Wildman–Crippen LogP) is -2.69. The average molecular weight is 193 g/mol. The molecule has 6 heteroatoms. The fourth-order valence-corrected chi connectivity index (χ4v) is 1.27. The second-order valence-electron chi connectivity index (χ2n) is 3.35. The molecule has 0 spiro atoms. The zero-order valence-electron chi connectivity index (χ0n) is 7.53. The number of hydrogen-bond donors (Lipinski definition) is 4. The Labute approximate surface area is 76.0 Å². The first-order valence-corrected chi connectivity index (χ1v) is 3.99. The van der Waals surface area contributed by atoms with Crippen LogP contribution in [0.3, 0.4) is 0 Å². The Morgan fingerprint density at radius 1 is 0.923 bits per heavy atom. The van der Waals surface area contributed by atoms with Crippen molar-refractivity contribution >= 4 is 0 Å². The van der Waals surface area contributed by atoms with Crippen LogP contribution < -0.4 is 0 Å². The smallest absolute Gasteiger partial charge is 0.185 e. The van der Waals surface area contributed by atoms with Crippen molar-refractivity contribution in [2.24, 2.45) is 0 Å². The fraction of sp³-hybridized carbons (Fsp3) is 1.00. The van der Waals surface area contributed by atoms with Crippen LogP contribution in [0.5, 0.6) is 0 Å². The van der Waals surface area contributed by atoms with Gasteiger partial charge in [-0.3, -0.25) is 4.90 Å². The van der Waals surface area contributed by atoms with Crippen molar-refractivity contribution in [3.63, 3.8) is 0 Å². The lowest BCUT2D eigenvalue weighted by molar-refractivity contribution is -0.306. The van der Waals surface area contributed by atoms with Gasteiger partial charge in [0.25, 0.3) is 0 Å². The molecule has 6 nitrogen and oxygen atoms in total. The van der Waals surface area contributed by atoms with Crippen LogP contribution in [0.4, 0.5) is 0 Å². The van der Waals surface area contributed by atoms with Gasteiger partial charge in [-0.05, 0) is 14.1 Å². The molecule has 1 rings (SSSR count). The number of rotatable bonds is 1. The van der Waals surface area contributed by atoms with Gasteiger partial charge in [0.1, 0.15) is 24.5 Å². The van der Waals surface area contributed by atoms with Crippen molar-refractivity contribution in [1.82, 2.24) is 4.90 Å². The van der Waals surface area contributed by atoms with E-state index in [0.29, 0.717) is 0 Å². The minimum Gasteiger partial charge on any atom is -0.387 e. The number of nitrogens with zero attached hydrogens (tertiary/aromatic N) is 1. The molecule has 1 aliphatic rings. The summed E-state index contributed by atoms with van der Waals surface area (Å²) >= 11 is 0. The molecule has 1 saturated heterocycles. The molecular formula is C7H15NO5. The van der Waals surface area contributed by atoms with Gasteiger partial charge in [-0.1, -0.05) is 0 Å². The molecule has 1 fully saturated rings. The van der Waals surface area contributed by atoms with E-state index in [2.05, 4.69) is 0 Å². The third kappa shape index (κ3) is 1.98. The van der Waals surface area contributed by atoms with E-state index in [1.165, 1.54) is 4.90 Å². The Kier molecular flexibility index (Phi) is 3.23. The first-order chi connectivity index (χ1) is 5.95. The zero-order valence-corrected chi connectivity index (χ0v) is 7.53. The van der Waals surface area contributed by atoms with Crippen LogP contribution in [0.15, 0.2) is 0 Å². The molecule has 0 radical (unpaired) electrons. The van der Waals surface area contributed by atoms with Gasteiger partial charge in [0.2, 0.25) is 0 Å². The predicted molar refractivity (Wildman–Crippen MR) is 42.6 cm³/mol. The summed E-state index contributed by atoms with van der Waals surface area (Å²) in [5, 5.41) is 36.9. The van der Waals surface area contributed by atoms with Crippen molar-refractivity contribution in [2.75, 3.05) is 14.1 Å². The zero-order chi connectivity index (χ0) is 10.2. The Morgan fingerprint density at radius 3 is 1.92 bits per heavy atom. The second-order valence-corrected chi connectivity index (χ2v) is 3.35. The monoisotopic (exact) mass is 193 g/mol. The first kappa shape index (κ1) is 10.8. The van der Waals surface area contributed by atoms with Crippen LogP contribution >= 0.6 is 0 Å². The van der Waals surface area contributed by atoms with E-state index >= 15 is 0 Å². The third-order valence-corrected chi connectivity index (χ3v) is 2.07. The van der Waals surface area contributed by atoms with Crippen molar-refractivity contribution in [2.45, 2.75) is 30.8 Å². The van der Waals surface area contributed by atoms with Crippen molar-refractivity contribution < 1.29 is 25.2 Å². The summed E-state index contributed by atoms with van der Waals surface area (Å²) in [6, 6.07) is 0. The molecule has 0 aromatic rings. The maximum Gasteiger partial charge on any atom is 0.185 e. The molecule has 4 N–H and O–H groups in total. The minimum absolute atomic E-state index is 0.812. The van der Waals surface area contributed by atoms with Gasteiger partial charge >= 0.3 is 0 Å². The summed E-state index contributed by atoms with van der Waals surface area (Å²) in [6.07, 6.45) is -6.37. The second kappa shape index (κ2) is 3.87. The quantitative estimate of drug-likeness (QED) is 0.362. The van der Waals surface area contributed by atoms with Gasteiger partial charge < -0.3 is 25.2 Å². The summed E-state index contributed by atoms with van der Waals surface area (Å²) in [4.78, 5) is 1.50. The van der Waals surface area contributed by atoms with Gasteiger partial charge in [0, 0.05) is 0 Å². The van der Waals surface area contributed by atoms with Crippen molar-refractivity contribution in [1.29, 1.82) is 0 Å². The highest BCUT2D eigenvalue weighted by molar-refractivity contribution is 4.87. The molecule has 13 heavy (non-hydrogen) atoms. The van der Waals surface area contributed by atoms with Crippen LogP contribution in [0.25, 0.3) is 0 Å². The van der Waals surface area contributed by atoms with Crippen LogP contribution in [0.2, 0.25) is 0 Å². The maximum absolute atomic E-state index is 9.41. The number of aliphatic hydroxyl groups is 4. The summed E-state index contributed by atoms with van der Waals surface area (Å²) in [5.74, 6) is 0. The number of aliphatic hydroxyl groups excluding tert-OH is 4. The van der Waals surface area contributed by atoms with Crippen LogP contribution in [0.1, 0.15) is 0 Å². The largest absolute Gasteiger partial charge is 0.387 e. The average Bonchev–Trinajstić information content (AvgIpc) is 2.07. The topological polar surface area (TPSA) is 93.4 Å². The van der Waals surface area contributed by atoms with Crippen LogP contribution in [-0.2, 0) is 4.74 Å². The molecule has 0 aliphatic carbocycles.